The zero-order valence-corrected chi connectivity index (χ0v) is 14.6. The molecule has 1 aliphatic rings. The summed E-state index contributed by atoms with van der Waals surface area (Å²) in [5.74, 6) is 1.12. The Morgan fingerprint density at radius 3 is 2.41 bits per heavy atom. The van der Waals surface area contributed by atoms with Crippen LogP contribution in [0.15, 0.2) is 28.2 Å². The van der Waals surface area contributed by atoms with Crippen LogP contribution < -0.4 is 0 Å². The van der Waals surface area contributed by atoms with Crippen LogP contribution in [0.5, 0.6) is 0 Å². The van der Waals surface area contributed by atoms with Crippen molar-refractivity contribution >= 4 is 5.97 Å². The van der Waals surface area contributed by atoms with Crippen LogP contribution in [-0.4, -0.2) is 18.8 Å². The molecule has 0 aliphatic heterocycles. The molecule has 0 spiro atoms. The molecule has 9 heteroatoms. The summed E-state index contributed by atoms with van der Waals surface area (Å²) in [5.41, 5.74) is -1.46. The van der Waals surface area contributed by atoms with Gasteiger partial charge in [0.1, 0.15) is 0 Å². The van der Waals surface area contributed by atoms with E-state index in [4.69, 9.17) is 4.74 Å². The van der Waals surface area contributed by atoms with E-state index in [0.29, 0.717) is 0 Å². The van der Waals surface area contributed by atoms with Gasteiger partial charge in [-0.05, 0) is 36.3 Å². The molecule has 27 heavy (non-hydrogen) atoms. The standard InChI is InChI=1S/C18H16F6O3/c1-10(17(19,20)21)9-12-14(16(12,2)3)15(25)26-8-4-5-11-6-7-13(27-11)18(22,23)24/h6-7,9,12,14H,8H2,1-3H3/t12-,14+/m1/s1. The van der Waals surface area contributed by atoms with Gasteiger partial charge in [0.2, 0.25) is 5.76 Å². The zero-order chi connectivity index (χ0) is 20.6. The Kier molecular flexibility index (Phi) is 5.41. The Labute approximate surface area is 151 Å². The highest BCUT2D eigenvalue weighted by Crippen LogP contribution is 2.60. The molecule has 0 amide bonds. The molecule has 1 aromatic rings. The number of rotatable bonds is 3. The van der Waals surface area contributed by atoms with Crippen molar-refractivity contribution in [2.24, 2.45) is 17.3 Å². The van der Waals surface area contributed by atoms with Gasteiger partial charge in [0, 0.05) is 5.57 Å². The Hall–Kier alpha value is -2.37. The van der Waals surface area contributed by atoms with E-state index in [1.807, 2.05) is 0 Å². The molecule has 0 aromatic carbocycles. The average molecular weight is 394 g/mol. The van der Waals surface area contributed by atoms with Crippen molar-refractivity contribution in [1.29, 1.82) is 0 Å². The highest BCUT2D eigenvalue weighted by atomic mass is 19.4. The molecule has 0 radical (unpaired) electrons. The van der Waals surface area contributed by atoms with Gasteiger partial charge in [0.25, 0.3) is 0 Å². The van der Waals surface area contributed by atoms with Crippen LogP contribution in [0.4, 0.5) is 26.3 Å². The van der Waals surface area contributed by atoms with Gasteiger partial charge in [0.15, 0.2) is 12.4 Å². The summed E-state index contributed by atoms with van der Waals surface area (Å²) in [6.07, 6.45) is -8.07. The van der Waals surface area contributed by atoms with Crippen LogP contribution in [0.25, 0.3) is 0 Å². The molecule has 0 N–H and O–H groups in total. The van der Waals surface area contributed by atoms with Crippen LogP contribution in [0, 0.1) is 29.1 Å². The average Bonchev–Trinajstić information content (AvgIpc) is 2.86. The van der Waals surface area contributed by atoms with Gasteiger partial charge in [-0.15, -0.1) is 0 Å². The van der Waals surface area contributed by atoms with Gasteiger partial charge in [-0.1, -0.05) is 25.8 Å². The number of ether oxygens (including phenoxy) is 1. The van der Waals surface area contributed by atoms with E-state index in [1.165, 1.54) is 0 Å². The molecule has 1 fully saturated rings. The third kappa shape index (κ3) is 4.87. The van der Waals surface area contributed by atoms with E-state index >= 15 is 0 Å². The summed E-state index contributed by atoms with van der Waals surface area (Å²) >= 11 is 0. The minimum Gasteiger partial charge on any atom is -0.452 e. The van der Waals surface area contributed by atoms with Crippen molar-refractivity contribution in [3.63, 3.8) is 0 Å². The van der Waals surface area contributed by atoms with E-state index in [9.17, 15) is 31.1 Å². The minimum absolute atomic E-state index is 0.244. The molecular formula is C18H16F6O3. The number of allylic oxidation sites excluding steroid dienone is 2. The maximum atomic E-state index is 12.6. The van der Waals surface area contributed by atoms with Crippen LogP contribution in [0.1, 0.15) is 32.3 Å². The van der Waals surface area contributed by atoms with E-state index in [-0.39, 0.29) is 5.76 Å². The summed E-state index contributed by atoms with van der Waals surface area (Å²) in [7, 11) is 0. The van der Waals surface area contributed by atoms with Crippen molar-refractivity contribution in [3.8, 4) is 11.8 Å². The maximum Gasteiger partial charge on any atom is 0.449 e. The molecule has 0 unspecified atom stereocenters. The molecule has 0 bridgehead atoms. The zero-order valence-electron chi connectivity index (χ0n) is 14.6. The number of carbonyl (C=O) groups is 1. The van der Waals surface area contributed by atoms with Gasteiger partial charge in [-0.25, -0.2) is 0 Å². The molecule has 1 heterocycles. The molecule has 148 valence electrons. The SMILES string of the molecule is CC(=C[C@@H]1[C@@H](C(=O)OCC#Cc2ccc(C(F)(F)F)o2)C1(C)C)C(F)(F)F. The van der Waals surface area contributed by atoms with Crippen LogP contribution in [0.2, 0.25) is 0 Å². The normalized spacial score (nSPS) is 22.0. The molecule has 3 nitrogen and oxygen atoms in total. The second kappa shape index (κ2) is 6.98. The van der Waals surface area contributed by atoms with E-state index in [1.54, 1.807) is 13.8 Å². The van der Waals surface area contributed by atoms with E-state index in [0.717, 1.165) is 25.1 Å². The van der Waals surface area contributed by atoms with E-state index in [2.05, 4.69) is 16.3 Å². The summed E-state index contributed by atoms with van der Waals surface area (Å²) in [6, 6.07) is 1.76. The summed E-state index contributed by atoms with van der Waals surface area (Å²) < 4.78 is 84.4. The minimum atomic E-state index is -4.62. The topological polar surface area (TPSA) is 39.4 Å². The van der Waals surface area contributed by atoms with Crippen molar-refractivity contribution in [2.45, 2.75) is 33.1 Å². The van der Waals surface area contributed by atoms with Crippen molar-refractivity contribution < 1.29 is 40.3 Å². The lowest BCUT2D eigenvalue weighted by Crippen LogP contribution is -2.11. The number of esters is 1. The number of hydrogen-bond donors (Lipinski definition) is 0. The van der Waals surface area contributed by atoms with Gasteiger partial charge >= 0.3 is 18.3 Å². The van der Waals surface area contributed by atoms with Gasteiger partial charge in [-0.2, -0.15) is 26.3 Å². The smallest absolute Gasteiger partial charge is 0.449 e. The highest BCUT2D eigenvalue weighted by molar-refractivity contribution is 5.78. The summed E-state index contributed by atoms with van der Waals surface area (Å²) in [6.45, 7) is 3.82. The lowest BCUT2D eigenvalue weighted by Gasteiger charge is -2.06. The largest absolute Gasteiger partial charge is 0.452 e. The molecule has 1 aromatic heterocycles. The van der Waals surface area contributed by atoms with Crippen LogP contribution in [-0.2, 0) is 15.7 Å². The van der Waals surface area contributed by atoms with Gasteiger partial charge in [-0.3, -0.25) is 4.79 Å². The van der Waals surface area contributed by atoms with Crippen molar-refractivity contribution in [3.05, 3.63) is 35.3 Å². The summed E-state index contributed by atoms with van der Waals surface area (Å²) in [5, 5.41) is 0. The Morgan fingerprint density at radius 2 is 1.89 bits per heavy atom. The Bertz CT molecular complexity index is 802. The lowest BCUT2D eigenvalue weighted by atomic mass is 10.1. The maximum absolute atomic E-state index is 12.6. The predicted octanol–water partition coefficient (Wildman–Crippen LogP) is 4.97. The van der Waals surface area contributed by atoms with Crippen molar-refractivity contribution in [2.75, 3.05) is 6.61 Å². The predicted molar refractivity (Wildman–Crippen MR) is 82.1 cm³/mol. The number of furan rings is 1. The summed E-state index contributed by atoms with van der Waals surface area (Å²) in [4.78, 5) is 12.0. The fourth-order valence-electron chi connectivity index (χ4n) is 2.68. The Balaban J connectivity index is 1.93. The first-order valence-electron chi connectivity index (χ1n) is 7.82. The first-order chi connectivity index (χ1) is 12.2. The Morgan fingerprint density at radius 1 is 1.26 bits per heavy atom. The fourth-order valence-corrected chi connectivity index (χ4v) is 2.68. The van der Waals surface area contributed by atoms with E-state index < -0.39 is 53.5 Å². The first kappa shape index (κ1) is 20.9. The van der Waals surface area contributed by atoms with Crippen LogP contribution in [0.3, 0.4) is 0 Å². The molecule has 1 aliphatic carbocycles. The quantitative estimate of drug-likeness (QED) is 0.314. The lowest BCUT2D eigenvalue weighted by molar-refractivity contribution is -0.153. The molecule has 2 atom stereocenters. The highest BCUT2D eigenvalue weighted by Gasteiger charge is 2.62. The molecule has 2 rings (SSSR count). The van der Waals surface area contributed by atoms with Crippen LogP contribution >= 0.6 is 0 Å². The second-order valence-electron chi connectivity index (χ2n) is 6.74. The van der Waals surface area contributed by atoms with Gasteiger partial charge < -0.3 is 9.15 Å². The van der Waals surface area contributed by atoms with Gasteiger partial charge in [0.05, 0.1) is 5.92 Å². The third-order valence-corrected chi connectivity index (χ3v) is 4.42. The number of alkyl halides is 6. The fraction of sp³-hybridized carbons (Fsp3) is 0.500. The van der Waals surface area contributed by atoms with Crippen molar-refractivity contribution in [1.82, 2.24) is 0 Å². The monoisotopic (exact) mass is 394 g/mol. The second-order valence-corrected chi connectivity index (χ2v) is 6.74. The number of halogens is 6. The third-order valence-electron chi connectivity index (χ3n) is 4.42. The number of carbonyl (C=O) groups excluding carboxylic acids is 1. The first-order valence-corrected chi connectivity index (χ1v) is 7.82. The number of hydrogen-bond acceptors (Lipinski definition) is 3. The molecule has 0 saturated heterocycles. The molecular weight excluding hydrogens is 378 g/mol. The molecule has 1 saturated carbocycles.